The summed E-state index contributed by atoms with van der Waals surface area (Å²) in [7, 11) is 0. The molecule has 0 aromatic heterocycles. The molecule has 2 amide bonds. The monoisotopic (exact) mass is 595 g/mol. The van der Waals surface area contributed by atoms with Crippen LogP contribution >= 0.6 is 15.9 Å². The minimum Gasteiger partial charge on any atom is -0.344 e. The van der Waals surface area contributed by atoms with Crippen molar-refractivity contribution in [3.8, 4) is 0 Å². The van der Waals surface area contributed by atoms with Gasteiger partial charge in [-0.2, -0.15) is 13.2 Å². The van der Waals surface area contributed by atoms with Crippen LogP contribution in [0.1, 0.15) is 61.6 Å². The summed E-state index contributed by atoms with van der Waals surface area (Å²) in [5.41, 5.74) is 4.75. The van der Waals surface area contributed by atoms with Crippen LogP contribution in [0.5, 0.6) is 0 Å². The molecule has 2 aromatic rings. The van der Waals surface area contributed by atoms with Crippen molar-refractivity contribution < 1.29 is 27.2 Å². The molecule has 3 fully saturated rings. The molecule has 2 heterocycles. The third-order valence-corrected chi connectivity index (χ3v) is 8.79. The minimum absolute atomic E-state index is 0.0329. The number of carbonyl (C=O) groups excluding carboxylic acids is 2. The highest BCUT2D eigenvalue weighted by Gasteiger charge is 2.54. The van der Waals surface area contributed by atoms with Gasteiger partial charge >= 0.3 is 6.18 Å². The lowest BCUT2D eigenvalue weighted by Gasteiger charge is -2.40. The lowest BCUT2D eigenvalue weighted by Crippen LogP contribution is -2.57. The van der Waals surface area contributed by atoms with Crippen molar-refractivity contribution >= 4 is 27.7 Å². The zero-order valence-corrected chi connectivity index (χ0v) is 22.3. The standard InChI is InChI=1S/C28H30BrF4N3O2/c29-18-5-1-16(2-6-18)3-10-24(25(37)36-20-7-8-21(36)15-19(34)14-20)35-26(38)27(11-12-27)22-9-4-17(13-23(22)30)28(31,32)33/h1-2,4-6,9,13,19-21,24H,3,7-8,10-12,14-15,34H2,(H,35,38). The summed E-state index contributed by atoms with van der Waals surface area (Å²) in [5.74, 6) is -1.75. The fourth-order valence-electron chi connectivity index (χ4n) is 6.10. The summed E-state index contributed by atoms with van der Waals surface area (Å²) in [4.78, 5) is 29.3. The molecule has 0 spiro atoms. The first-order chi connectivity index (χ1) is 18.0. The van der Waals surface area contributed by atoms with E-state index in [-0.39, 0.29) is 29.6 Å². The smallest absolute Gasteiger partial charge is 0.344 e. The Morgan fingerprint density at radius 2 is 1.71 bits per heavy atom. The van der Waals surface area contributed by atoms with Gasteiger partial charge in [-0.05, 0) is 81.2 Å². The van der Waals surface area contributed by atoms with Crippen molar-refractivity contribution in [1.29, 1.82) is 0 Å². The van der Waals surface area contributed by atoms with E-state index in [4.69, 9.17) is 5.73 Å². The summed E-state index contributed by atoms with van der Waals surface area (Å²) in [6, 6.07) is 9.26. The highest BCUT2D eigenvalue weighted by atomic mass is 79.9. The van der Waals surface area contributed by atoms with E-state index in [9.17, 15) is 27.2 Å². The minimum atomic E-state index is -4.68. The molecule has 5 rings (SSSR count). The van der Waals surface area contributed by atoms with Crippen LogP contribution in [0, 0.1) is 5.82 Å². The molecule has 3 atom stereocenters. The lowest BCUT2D eigenvalue weighted by molar-refractivity contribution is -0.141. The van der Waals surface area contributed by atoms with Gasteiger partial charge in [-0.15, -0.1) is 0 Å². The van der Waals surface area contributed by atoms with Gasteiger partial charge in [-0.1, -0.05) is 34.1 Å². The van der Waals surface area contributed by atoms with E-state index in [0.29, 0.717) is 31.7 Å². The SMILES string of the molecule is NC1CC2CCC(C1)N2C(=O)C(CCc1ccc(Br)cc1)NC(=O)C1(c2ccc(C(F)(F)F)cc2F)CC1. The largest absolute Gasteiger partial charge is 0.416 e. The van der Waals surface area contributed by atoms with E-state index in [1.54, 1.807) is 0 Å². The first-order valence-corrected chi connectivity index (χ1v) is 13.8. The Bertz CT molecular complexity index is 1200. The second kappa shape index (κ2) is 10.3. The Morgan fingerprint density at radius 3 is 2.26 bits per heavy atom. The highest BCUT2D eigenvalue weighted by Crippen LogP contribution is 2.50. The number of rotatable bonds is 7. The first kappa shape index (κ1) is 27.1. The molecule has 2 bridgehead atoms. The fraction of sp³-hybridized carbons (Fsp3) is 0.500. The summed E-state index contributed by atoms with van der Waals surface area (Å²) in [6.07, 6.45) is -0.00653. The van der Waals surface area contributed by atoms with E-state index in [1.807, 2.05) is 29.2 Å². The van der Waals surface area contributed by atoms with E-state index in [2.05, 4.69) is 21.2 Å². The summed E-state index contributed by atoms with van der Waals surface area (Å²) >= 11 is 3.41. The number of nitrogens with two attached hydrogens (primary N) is 1. The Kier molecular flexibility index (Phi) is 7.32. The van der Waals surface area contributed by atoms with Gasteiger partial charge in [0, 0.05) is 28.2 Å². The molecule has 2 aromatic carbocycles. The number of alkyl halides is 3. The number of fused-ring (bicyclic) bond motifs is 2. The molecule has 1 saturated carbocycles. The maximum atomic E-state index is 14.8. The molecule has 3 aliphatic rings. The normalized spacial score (nSPS) is 24.7. The second-order valence-corrected chi connectivity index (χ2v) is 11.7. The number of aryl methyl sites for hydroxylation is 1. The number of benzene rings is 2. The van der Waals surface area contributed by atoms with Crippen LogP contribution in [0.2, 0.25) is 0 Å². The van der Waals surface area contributed by atoms with E-state index >= 15 is 0 Å². The third-order valence-electron chi connectivity index (χ3n) is 8.26. The van der Waals surface area contributed by atoms with Gasteiger partial charge in [0.2, 0.25) is 11.8 Å². The molecule has 1 aliphatic carbocycles. The molecule has 0 radical (unpaired) electrons. The van der Waals surface area contributed by atoms with Crippen LogP contribution in [0.25, 0.3) is 0 Å². The Labute approximate surface area is 227 Å². The number of nitrogens with zero attached hydrogens (tertiary/aromatic N) is 1. The van der Waals surface area contributed by atoms with Crippen LogP contribution in [0.15, 0.2) is 46.9 Å². The average molecular weight is 596 g/mol. The van der Waals surface area contributed by atoms with E-state index < -0.39 is 34.9 Å². The molecule has 204 valence electrons. The topological polar surface area (TPSA) is 75.4 Å². The maximum absolute atomic E-state index is 14.8. The first-order valence-electron chi connectivity index (χ1n) is 13.0. The zero-order chi connectivity index (χ0) is 27.2. The van der Waals surface area contributed by atoms with Crippen LogP contribution in [-0.4, -0.2) is 40.9 Å². The summed E-state index contributed by atoms with van der Waals surface area (Å²) in [5, 5.41) is 2.89. The van der Waals surface area contributed by atoms with Gasteiger partial charge in [0.25, 0.3) is 0 Å². The summed E-state index contributed by atoms with van der Waals surface area (Å²) < 4.78 is 54.9. The Morgan fingerprint density at radius 1 is 1.08 bits per heavy atom. The number of halogens is 5. The van der Waals surface area contributed by atoms with Gasteiger partial charge < -0.3 is 16.0 Å². The Balaban J connectivity index is 1.37. The molecule has 5 nitrogen and oxygen atoms in total. The van der Waals surface area contributed by atoms with Gasteiger partial charge in [0.05, 0.1) is 11.0 Å². The predicted molar refractivity (Wildman–Crippen MR) is 138 cm³/mol. The number of piperidine rings is 1. The van der Waals surface area contributed by atoms with Crippen LogP contribution in [0.3, 0.4) is 0 Å². The number of hydrogen-bond donors (Lipinski definition) is 2. The van der Waals surface area contributed by atoms with Crippen LogP contribution in [0.4, 0.5) is 17.6 Å². The molecular weight excluding hydrogens is 566 g/mol. The predicted octanol–water partition coefficient (Wildman–Crippen LogP) is 5.24. The van der Waals surface area contributed by atoms with Crippen LogP contribution in [-0.2, 0) is 27.6 Å². The van der Waals surface area contributed by atoms with Gasteiger partial charge in [-0.25, -0.2) is 4.39 Å². The van der Waals surface area contributed by atoms with Gasteiger partial charge in [-0.3, -0.25) is 9.59 Å². The molecule has 3 unspecified atom stereocenters. The fourth-order valence-corrected chi connectivity index (χ4v) is 6.36. The molecular formula is C28H30BrF4N3O2. The Hall–Kier alpha value is -2.46. The number of hydrogen-bond acceptors (Lipinski definition) is 3. The van der Waals surface area contributed by atoms with Crippen molar-refractivity contribution in [1.82, 2.24) is 10.2 Å². The van der Waals surface area contributed by atoms with Crippen LogP contribution < -0.4 is 11.1 Å². The molecule has 2 aliphatic heterocycles. The van der Waals surface area contributed by atoms with Crippen molar-refractivity contribution in [2.75, 3.05) is 0 Å². The van der Waals surface area contributed by atoms with E-state index in [1.165, 1.54) is 0 Å². The van der Waals surface area contributed by atoms with Crippen molar-refractivity contribution in [2.45, 2.75) is 87.1 Å². The number of nitrogens with one attached hydrogen (secondary N) is 1. The third kappa shape index (κ3) is 5.34. The van der Waals surface area contributed by atoms with Gasteiger partial charge in [0.1, 0.15) is 11.9 Å². The highest BCUT2D eigenvalue weighted by molar-refractivity contribution is 9.10. The zero-order valence-electron chi connectivity index (χ0n) is 20.7. The van der Waals surface area contributed by atoms with E-state index in [0.717, 1.165) is 47.9 Å². The lowest BCUT2D eigenvalue weighted by atomic mass is 9.92. The number of amides is 2. The van der Waals surface area contributed by atoms with Crippen molar-refractivity contribution in [3.63, 3.8) is 0 Å². The second-order valence-electron chi connectivity index (χ2n) is 10.8. The maximum Gasteiger partial charge on any atom is 0.416 e. The quantitative estimate of drug-likeness (QED) is 0.430. The average Bonchev–Trinajstić information content (AvgIpc) is 3.61. The molecule has 38 heavy (non-hydrogen) atoms. The van der Waals surface area contributed by atoms with Crippen molar-refractivity contribution in [2.24, 2.45) is 5.73 Å². The molecule has 10 heteroatoms. The molecule has 2 saturated heterocycles. The van der Waals surface area contributed by atoms with Gasteiger partial charge in [0.15, 0.2) is 0 Å². The molecule has 3 N–H and O–H groups in total. The number of carbonyl (C=O) groups is 2. The van der Waals surface area contributed by atoms with Crippen molar-refractivity contribution in [3.05, 3.63) is 69.4 Å². The summed E-state index contributed by atoms with van der Waals surface area (Å²) in [6.45, 7) is 0.